The number of amides is 1. The van der Waals surface area contributed by atoms with E-state index in [1.807, 2.05) is 36.1 Å². The van der Waals surface area contributed by atoms with Crippen molar-refractivity contribution in [2.75, 3.05) is 0 Å². The molecule has 0 aliphatic carbocycles. The molecule has 0 spiro atoms. The van der Waals surface area contributed by atoms with Crippen molar-refractivity contribution in [2.45, 2.75) is 50.5 Å². The van der Waals surface area contributed by atoms with Crippen molar-refractivity contribution in [1.82, 2.24) is 20.4 Å². The molecule has 0 radical (unpaired) electrons. The monoisotopic (exact) mass is 426 g/mol. The van der Waals surface area contributed by atoms with Crippen LogP contribution in [0.1, 0.15) is 49.5 Å². The summed E-state index contributed by atoms with van der Waals surface area (Å²) in [7, 11) is 1.93. The Hall–Kier alpha value is -2.88. The second kappa shape index (κ2) is 10.2. The molecule has 1 aromatic carbocycles. The number of hydrogen-bond donors (Lipinski definition) is 3. The van der Waals surface area contributed by atoms with Crippen molar-refractivity contribution < 1.29 is 27.9 Å². The Morgan fingerprint density at radius 3 is 2.47 bits per heavy atom. The molecular weight excluding hydrogens is 401 g/mol. The second-order valence-electron chi connectivity index (χ2n) is 6.95. The topological polar surface area (TPSA) is 96.3 Å². The first kappa shape index (κ1) is 23.4. The van der Waals surface area contributed by atoms with Crippen LogP contribution in [-0.4, -0.2) is 39.0 Å². The third-order valence-electron chi connectivity index (χ3n) is 4.72. The van der Waals surface area contributed by atoms with Crippen LogP contribution in [-0.2, 0) is 16.6 Å². The highest BCUT2D eigenvalue weighted by molar-refractivity contribution is 5.77. The van der Waals surface area contributed by atoms with Gasteiger partial charge in [-0.2, -0.15) is 18.3 Å². The van der Waals surface area contributed by atoms with Crippen molar-refractivity contribution in [2.24, 2.45) is 7.05 Å². The molecule has 3 atom stereocenters. The smallest absolute Gasteiger partial charge is 0.475 e. The van der Waals surface area contributed by atoms with Gasteiger partial charge in [-0.3, -0.25) is 9.48 Å². The van der Waals surface area contributed by atoms with Gasteiger partial charge in [-0.1, -0.05) is 37.3 Å². The van der Waals surface area contributed by atoms with Crippen LogP contribution in [0, 0.1) is 0 Å². The van der Waals surface area contributed by atoms with E-state index in [0.29, 0.717) is 6.42 Å². The van der Waals surface area contributed by atoms with Gasteiger partial charge in [-0.25, -0.2) is 4.79 Å². The molecule has 2 heterocycles. The number of piperidine rings is 1. The van der Waals surface area contributed by atoms with Crippen LogP contribution < -0.4 is 10.6 Å². The van der Waals surface area contributed by atoms with E-state index in [2.05, 4.69) is 40.9 Å². The largest absolute Gasteiger partial charge is 0.490 e. The number of benzene rings is 1. The zero-order valence-corrected chi connectivity index (χ0v) is 16.7. The average Bonchev–Trinajstić information content (AvgIpc) is 3.13. The fourth-order valence-corrected chi connectivity index (χ4v) is 3.24. The van der Waals surface area contributed by atoms with Gasteiger partial charge in [0.15, 0.2) is 0 Å². The fraction of sp³-hybridized carbons (Fsp3) is 0.450. The summed E-state index contributed by atoms with van der Waals surface area (Å²) in [6, 6.07) is 12.7. The number of nitrogens with zero attached hydrogens (tertiary/aromatic N) is 2. The standard InChI is InChI=1S/C18H24N4O.C2HF3O2/c1-3-14(15-11-12-22(2)21-15)19-16-9-10-17(23)20-18(16)13-7-5-4-6-8-13;3-2(4,5)1(6)7/h4-8,11-12,14,16,18-19H,3,9-10H2,1-2H3,(H,20,23);(H,6,7)/t14?,16-,18+;/m1./s1. The highest BCUT2D eigenvalue weighted by Crippen LogP contribution is 2.27. The van der Waals surface area contributed by atoms with E-state index in [-0.39, 0.29) is 24.0 Å². The minimum atomic E-state index is -5.08. The normalized spacial score (nSPS) is 20.0. The SMILES string of the molecule is CCC(N[C@@H]1CCC(=O)N[C@H]1c1ccccc1)c1ccn(C)n1.O=C(O)C(F)(F)F. The Morgan fingerprint density at radius 2 is 1.97 bits per heavy atom. The summed E-state index contributed by atoms with van der Waals surface area (Å²) >= 11 is 0. The molecule has 10 heteroatoms. The van der Waals surface area contributed by atoms with Crippen molar-refractivity contribution in [1.29, 1.82) is 0 Å². The summed E-state index contributed by atoms with van der Waals surface area (Å²) in [5.41, 5.74) is 2.20. The number of halogens is 3. The summed E-state index contributed by atoms with van der Waals surface area (Å²) in [6.45, 7) is 2.16. The molecule has 2 aromatic rings. The number of carbonyl (C=O) groups is 2. The lowest BCUT2D eigenvalue weighted by Crippen LogP contribution is -2.49. The van der Waals surface area contributed by atoms with Crippen LogP contribution in [0.3, 0.4) is 0 Å². The van der Waals surface area contributed by atoms with Crippen LogP contribution in [0.15, 0.2) is 42.6 Å². The Bertz CT molecular complexity index is 839. The number of carboxylic acid groups (broad SMARTS) is 1. The van der Waals surface area contributed by atoms with E-state index in [4.69, 9.17) is 9.90 Å². The number of carbonyl (C=O) groups excluding carboxylic acids is 1. The van der Waals surface area contributed by atoms with Crippen molar-refractivity contribution in [3.63, 3.8) is 0 Å². The van der Waals surface area contributed by atoms with Crippen molar-refractivity contribution in [3.05, 3.63) is 53.9 Å². The zero-order chi connectivity index (χ0) is 22.3. The third kappa shape index (κ3) is 6.58. The minimum Gasteiger partial charge on any atom is -0.475 e. The van der Waals surface area contributed by atoms with Gasteiger partial charge in [-0.15, -0.1) is 0 Å². The number of aryl methyl sites for hydroxylation is 1. The molecule has 1 aliphatic heterocycles. The third-order valence-corrected chi connectivity index (χ3v) is 4.72. The van der Waals surface area contributed by atoms with Crippen molar-refractivity contribution in [3.8, 4) is 0 Å². The van der Waals surface area contributed by atoms with Crippen LogP contribution in [0.5, 0.6) is 0 Å². The molecule has 0 saturated carbocycles. The number of rotatable bonds is 5. The van der Waals surface area contributed by atoms with Gasteiger partial charge in [0.05, 0.1) is 17.8 Å². The second-order valence-corrected chi connectivity index (χ2v) is 6.95. The number of aromatic nitrogens is 2. The van der Waals surface area contributed by atoms with Gasteiger partial charge in [-0.05, 0) is 24.5 Å². The van der Waals surface area contributed by atoms with E-state index in [9.17, 15) is 18.0 Å². The van der Waals surface area contributed by atoms with E-state index >= 15 is 0 Å². The Balaban J connectivity index is 0.000000396. The lowest BCUT2D eigenvalue weighted by Gasteiger charge is -2.35. The molecule has 7 nitrogen and oxygen atoms in total. The Labute approximate surface area is 172 Å². The van der Waals surface area contributed by atoms with E-state index < -0.39 is 12.1 Å². The molecule has 0 bridgehead atoms. The molecule has 1 saturated heterocycles. The first-order valence-corrected chi connectivity index (χ1v) is 9.51. The fourth-order valence-electron chi connectivity index (χ4n) is 3.24. The van der Waals surface area contributed by atoms with E-state index in [1.54, 1.807) is 0 Å². The molecule has 1 unspecified atom stereocenters. The summed E-state index contributed by atoms with van der Waals surface area (Å²) in [5, 5.41) is 18.5. The lowest BCUT2D eigenvalue weighted by atomic mass is 9.91. The van der Waals surface area contributed by atoms with Gasteiger partial charge in [0, 0.05) is 25.7 Å². The van der Waals surface area contributed by atoms with Crippen LogP contribution in [0.4, 0.5) is 13.2 Å². The molecule has 164 valence electrons. The summed E-state index contributed by atoms with van der Waals surface area (Å²) in [5.74, 6) is -2.63. The van der Waals surface area contributed by atoms with E-state index in [1.165, 1.54) is 0 Å². The van der Waals surface area contributed by atoms with Gasteiger partial charge in [0.25, 0.3) is 0 Å². The number of alkyl halides is 3. The predicted molar refractivity (Wildman–Crippen MR) is 103 cm³/mol. The highest BCUT2D eigenvalue weighted by Gasteiger charge is 2.38. The first-order chi connectivity index (χ1) is 14.1. The molecule has 3 N–H and O–H groups in total. The predicted octanol–water partition coefficient (Wildman–Crippen LogP) is 3.11. The van der Waals surface area contributed by atoms with Crippen LogP contribution >= 0.6 is 0 Å². The average molecular weight is 426 g/mol. The minimum absolute atomic E-state index is 0.00946. The number of aliphatic carboxylic acids is 1. The first-order valence-electron chi connectivity index (χ1n) is 9.51. The molecule has 1 fully saturated rings. The maximum Gasteiger partial charge on any atom is 0.490 e. The quantitative estimate of drug-likeness (QED) is 0.683. The molecule has 30 heavy (non-hydrogen) atoms. The van der Waals surface area contributed by atoms with Gasteiger partial charge in [0.1, 0.15) is 0 Å². The molecule has 3 rings (SSSR count). The number of nitrogens with one attached hydrogen (secondary N) is 2. The molecule has 1 aromatic heterocycles. The maximum absolute atomic E-state index is 11.9. The van der Waals surface area contributed by atoms with Gasteiger partial charge in [0.2, 0.25) is 5.91 Å². The number of carboxylic acids is 1. The zero-order valence-electron chi connectivity index (χ0n) is 16.7. The van der Waals surface area contributed by atoms with Crippen LogP contribution in [0.25, 0.3) is 0 Å². The summed E-state index contributed by atoms with van der Waals surface area (Å²) in [4.78, 5) is 20.8. The molecular formula is C20H25F3N4O3. The van der Waals surface area contributed by atoms with E-state index in [0.717, 1.165) is 24.1 Å². The van der Waals surface area contributed by atoms with Gasteiger partial charge < -0.3 is 15.7 Å². The van der Waals surface area contributed by atoms with Gasteiger partial charge >= 0.3 is 12.1 Å². The Kier molecular flexibility index (Phi) is 7.99. The lowest BCUT2D eigenvalue weighted by molar-refractivity contribution is -0.192. The number of hydrogen-bond acceptors (Lipinski definition) is 4. The van der Waals surface area contributed by atoms with Crippen molar-refractivity contribution >= 4 is 11.9 Å². The molecule has 1 amide bonds. The highest BCUT2D eigenvalue weighted by atomic mass is 19.4. The summed E-state index contributed by atoms with van der Waals surface area (Å²) < 4.78 is 33.6. The van der Waals surface area contributed by atoms with Crippen LogP contribution in [0.2, 0.25) is 0 Å². The maximum atomic E-state index is 11.9. The Morgan fingerprint density at radius 1 is 1.33 bits per heavy atom. The molecule has 1 aliphatic rings. The summed E-state index contributed by atoms with van der Waals surface area (Å²) in [6.07, 6.45) is -0.742.